The van der Waals surface area contributed by atoms with Crippen molar-refractivity contribution in [1.82, 2.24) is 9.13 Å². The Morgan fingerprint density at radius 3 is 2.02 bits per heavy atom. The zero-order valence-corrected chi connectivity index (χ0v) is 35.5. The Balaban J connectivity index is 0.935. The maximum absolute atomic E-state index is 6.47. The Hall–Kier alpha value is -7.92. The predicted molar refractivity (Wildman–Crippen MR) is 271 cm³/mol. The second kappa shape index (κ2) is 13.8. The van der Waals surface area contributed by atoms with Crippen molar-refractivity contribution in [3.05, 3.63) is 223 Å². The van der Waals surface area contributed by atoms with E-state index in [4.69, 9.17) is 4.42 Å². The molecule has 0 saturated carbocycles. The SMILES string of the molecule is C1=Cc2c(n(-c3ccc(-c4cccc5c4oc4ccccc45)cc3)c3ccccc23)C(c2cccc3c2c2ccccc2n3-c2cccc(-c3cccc4sc5ccccc5c34)c2)C1. The number of allylic oxidation sites excluding steroid dienone is 1. The summed E-state index contributed by atoms with van der Waals surface area (Å²) < 4.78 is 14.1. The third kappa shape index (κ3) is 5.15. The normalized spacial score (nSPS) is 14.0. The highest BCUT2D eigenvalue weighted by molar-refractivity contribution is 7.25. The van der Waals surface area contributed by atoms with E-state index >= 15 is 0 Å². The minimum atomic E-state index is 0.120. The smallest absolute Gasteiger partial charge is 0.143 e. The molecule has 4 heterocycles. The minimum absolute atomic E-state index is 0.120. The zero-order valence-electron chi connectivity index (χ0n) is 34.7. The lowest BCUT2D eigenvalue weighted by molar-refractivity contribution is 0.670. The summed E-state index contributed by atoms with van der Waals surface area (Å²) in [7, 11) is 0. The summed E-state index contributed by atoms with van der Waals surface area (Å²) in [6.07, 6.45) is 5.65. The number of hydrogen-bond donors (Lipinski definition) is 0. The number of thiophene rings is 1. The van der Waals surface area contributed by atoms with Crippen LogP contribution in [0.15, 0.2) is 211 Å². The number of benzene rings is 9. The fraction of sp³-hybridized carbons (Fsp3) is 0.0333. The van der Waals surface area contributed by atoms with Crippen LogP contribution >= 0.6 is 11.3 Å². The maximum Gasteiger partial charge on any atom is 0.143 e. The van der Waals surface area contributed by atoms with Gasteiger partial charge in [-0.1, -0.05) is 152 Å². The third-order valence-corrected chi connectivity index (χ3v) is 14.8. The van der Waals surface area contributed by atoms with Crippen LogP contribution in [0.25, 0.3) is 115 Å². The first-order chi connectivity index (χ1) is 31.8. The molecule has 0 saturated heterocycles. The molecule has 14 rings (SSSR count). The standard InChI is InChI=1S/C60H38N2OS/c1-5-26-51-43(16-1)46-23-11-24-47(59(46)62(51)39-34-32-37(33-35-39)42-21-10-25-48-44-17-3-7-29-54(44)63-60(42)48)45-22-12-28-53-57(45)49-18-2-6-27-52(49)61(53)40-15-9-14-38(36-40)41-20-13-31-56-58(41)50-19-4-8-30-55(50)64-56/h1-23,25-36,47H,24H2. The van der Waals surface area contributed by atoms with E-state index in [1.165, 1.54) is 80.8 Å². The van der Waals surface area contributed by atoms with Gasteiger partial charge >= 0.3 is 0 Å². The van der Waals surface area contributed by atoms with Gasteiger partial charge in [0.2, 0.25) is 0 Å². The van der Waals surface area contributed by atoms with E-state index < -0.39 is 0 Å². The molecule has 0 fully saturated rings. The van der Waals surface area contributed by atoms with Crippen molar-refractivity contribution < 1.29 is 4.42 Å². The van der Waals surface area contributed by atoms with Crippen molar-refractivity contribution in [2.45, 2.75) is 12.3 Å². The highest BCUT2D eigenvalue weighted by Crippen LogP contribution is 2.47. The van der Waals surface area contributed by atoms with Gasteiger partial charge in [-0.05, 0) is 89.3 Å². The van der Waals surface area contributed by atoms with Crippen LogP contribution in [-0.4, -0.2) is 9.13 Å². The van der Waals surface area contributed by atoms with Gasteiger partial charge in [0.25, 0.3) is 0 Å². The van der Waals surface area contributed by atoms with Crippen molar-refractivity contribution in [1.29, 1.82) is 0 Å². The lowest BCUT2D eigenvalue weighted by Crippen LogP contribution is -2.11. The maximum atomic E-state index is 6.47. The molecule has 1 aliphatic rings. The van der Waals surface area contributed by atoms with Crippen LogP contribution < -0.4 is 0 Å². The summed E-state index contributed by atoms with van der Waals surface area (Å²) in [4.78, 5) is 0. The third-order valence-electron chi connectivity index (χ3n) is 13.7. The van der Waals surface area contributed by atoms with Crippen molar-refractivity contribution in [3.8, 4) is 33.6 Å². The van der Waals surface area contributed by atoms with Gasteiger partial charge in [0.1, 0.15) is 11.2 Å². The Morgan fingerprint density at radius 2 is 1.12 bits per heavy atom. The molecule has 0 bridgehead atoms. The molecular formula is C60H38N2OS. The van der Waals surface area contributed by atoms with Crippen LogP contribution in [-0.2, 0) is 0 Å². The molecular weight excluding hydrogens is 797 g/mol. The van der Waals surface area contributed by atoms with Crippen molar-refractivity contribution in [2.24, 2.45) is 0 Å². The quantitative estimate of drug-likeness (QED) is 0.169. The molecule has 4 aromatic heterocycles. The van der Waals surface area contributed by atoms with E-state index in [9.17, 15) is 0 Å². The fourth-order valence-electron chi connectivity index (χ4n) is 11.0. The summed E-state index contributed by atoms with van der Waals surface area (Å²) in [6, 6.07) is 73.4. The lowest BCUT2D eigenvalue weighted by Gasteiger charge is -2.24. The van der Waals surface area contributed by atoms with Gasteiger partial charge in [-0.3, -0.25) is 0 Å². The van der Waals surface area contributed by atoms with Gasteiger partial charge in [-0.15, -0.1) is 11.3 Å². The van der Waals surface area contributed by atoms with Crippen LogP contribution in [0.1, 0.15) is 29.2 Å². The van der Waals surface area contributed by atoms with E-state index in [-0.39, 0.29) is 5.92 Å². The molecule has 9 aromatic carbocycles. The molecule has 0 aliphatic heterocycles. The molecule has 0 radical (unpaired) electrons. The Kier molecular flexibility index (Phi) is 7.68. The predicted octanol–water partition coefficient (Wildman–Crippen LogP) is 16.9. The Bertz CT molecular complexity index is 4060. The van der Waals surface area contributed by atoms with Crippen LogP contribution in [0.5, 0.6) is 0 Å². The first-order valence-corrected chi connectivity index (χ1v) is 22.9. The number of nitrogens with zero attached hydrogens (tertiary/aromatic N) is 2. The second-order valence-electron chi connectivity index (χ2n) is 17.1. The van der Waals surface area contributed by atoms with Gasteiger partial charge in [-0.25, -0.2) is 0 Å². The zero-order chi connectivity index (χ0) is 41.9. The first kappa shape index (κ1) is 35.7. The van der Waals surface area contributed by atoms with E-state index in [1.54, 1.807) is 0 Å². The highest BCUT2D eigenvalue weighted by Gasteiger charge is 2.30. The molecule has 3 nitrogen and oxygen atoms in total. The number of aromatic nitrogens is 2. The molecule has 64 heavy (non-hydrogen) atoms. The number of rotatable bonds is 5. The Morgan fingerprint density at radius 1 is 0.453 bits per heavy atom. The van der Waals surface area contributed by atoms with Crippen LogP contribution in [0.3, 0.4) is 0 Å². The van der Waals surface area contributed by atoms with E-state index in [2.05, 4.69) is 215 Å². The average molecular weight is 835 g/mol. The van der Waals surface area contributed by atoms with Crippen LogP contribution in [0.4, 0.5) is 0 Å². The lowest BCUT2D eigenvalue weighted by atomic mass is 9.84. The fourth-order valence-corrected chi connectivity index (χ4v) is 12.1. The van der Waals surface area contributed by atoms with Crippen molar-refractivity contribution >= 4 is 92.2 Å². The highest BCUT2D eigenvalue weighted by atomic mass is 32.1. The van der Waals surface area contributed by atoms with Gasteiger partial charge < -0.3 is 13.6 Å². The monoisotopic (exact) mass is 834 g/mol. The minimum Gasteiger partial charge on any atom is -0.455 e. The van der Waals surface area contributed by atoms with Gasteiger partial charge in [0, 0.05) is 81.2 Å². The molecule has 0 amide bonds. The van der Waals surface area contributed by atoms with Gasteiger partial charge in [-0.2, -0.15) is 0 Å². The van der Waals surface area contributed by atoms with Crippen molar-refractivity contribution in [3.63, 3.8) is 0 Å². The van der Waals surface area contributed by atoms with Crippen LogP contribution in [0, 0.1) is 0 Å². The van der Waals surface area contributed by atoms with E-state index in [0.717, 1.165) is 50.9 Å². The number of hydrogen-bond acceptors (Lipinski definition) is 2. The van der Waals surface area contributed by atoms with Gasteiger partial charge in [0.05, 0.1) is 16.6 Å². The molecule has 1 atom stereocenters. The van der Waals surface area contributed by atoms with E-state index in [1.807, 2.05) is 17.4 Å². The largest absolute Gasteiger partial charge is 0.455 e. The summed E-state index contributed by atoms with van der Waals surface area (Å²) in [5.41, 5.74) is 16.5. The second-order valence-corrected chi connectivity index (χ2v) is 18.2. The summed E-state index contributed by atoms with van der Waals surface area (Å²) >= 11 is 1.87. The number of fused-ring (bicyclic) bond motifs is 12. The summed E-state index contributed by atoms with van der Waals surface area (Å²) in [5.74, 6) is 0.120. The van der Waals surface area contributed by atoms with Gasteiger partial charge in [0.15, 0.2) is 0 Å². The first-order valence-electron chi connectivity index (χ1n) is 22.1. The van der Waals surface area contributed by atoms with Crippen molar-refractivity contribution in [2.75, 3.05) is 0 Å². The molecule has 0 spiro atoms. The Labute approximate surface area is 373 Å². The molecule has 1 aliphatic carbocycles. The number of furan rings is 1. The topological polar surface area (TPSA) is 23.0 Å². The number of para-hydroxylation sites is 4. The average Bonchev–Trinajstić information content (AvgIpc) is 4.12. The molecule has 300 valence electrons. The molecule has 1 unspecified atom stereocenters. The van der Waals surface area contributed by atoms with E-state index in [0.29, 0.717) is 0 Å². The molecule has 4 heteroatoms. The summed E-state index contributed by atoms with van der Waals surface area (Å²) in [6.45, 7) is 0. The summed E-state index contributed by atoms with van der Waals surface area (Å²) in [5, 5.41) is 8.80. The molecule has 13 aromatic rings. The molecule has 0 N–H and O–H groups in total. The van der Waals surface area contributed by atoms with Crippen LogP contribution in [0.2, 0.25) is 0 Å².